The first-order valence-electron chi connectivity index (χ1n) is 9.58. The molecule has 1 unspecified atom stereocenters. The van der Waals surface area contributed by atoms with Gasteiger partial charge in [0.25, 0.3) is 0 Å². The van der Waals surface area contributed by atoms with Crippen LogP contribution >= 0.6 is 11.3 Å². The normalized spacial score (nSPS) is 16.1. The van der Waals surface area contributed by atoms with E-state index < -0.39 is 11.9 Å². The van der Waals surface area contributed by atoms with Gasteiger partial charge in [-0.05, 0) is 48.1 Å². The van der Waals surface area contributed by atoms with Crippen molar-refractivity contribution < 1.29 is 14.0 Å². The second-order valence-electron chi connectivity index (χ2n) is 7.06. The minimum Gasteiger partial charge on any atom is -0.324 e. The number of anilines is 1. The van der Waals surface area contributed by atoms with Crippen molar-refractivity contribution in [2.45, 2.75) is 25.3 Å². The van der Waals surface area contributed by atoms with E-state index >= 15 is 0 Å². The van der Waals surface area contributed by atoms with Crippen molar-refractivity contribution in [1.82, 2.24) is 4.90 Å². The van der Waals surface area contributed by atoms with Crippen molar-refractivity contribution in [2.24, 2.45) is 0 Å². The number of thiophene rings is 1. The Balaban J connectivity index is 1.61. The maximum Gasteiger partial charge on any atom is 0.244 e. The van der Waals surface area contributed by atoms with Crippen LogP contribution in [0.5, 0.6) is 0 Å². The van der Waals surface area contributed by atoms with Crippen LogP contribution in [0.2, 0.25) is 0 Å². The van der Waals surface area contributed by atoms with Crippen LogP contribution in [-0.2, 0) is 16.0 Å². The lowest BCUT2D eigenvalue weighted by Gasteiger charge is -2.29. The molecule has 0 spiro atoms. The number of benzene rings is 2. The molecule has 1 atom stereocenters. The van der Waals surface area contributed by atoms with Gasteiger partial charge < -0.3 is 10.2 Å². The van der Waals surface area contributed by atoms with E-state index in [-0.39, 0.29) is 18.4 Å². The molecule has 29 heavy (non-hydrogen) atoms. The molecule has 3 aromatic rings. The van der Waals surface area contributed by atoms with Crippen molar-refractivity contribution >= 4 is 28.8 Å². The predicted octanol–water partition coefficient (Wildman–Crippen LogP) is 4.78. The molecule has 1 aliphatic rings. The summed E-state index contributed by atoms with van der Waals surface area (Å²) >= 11 is 1.50. The van der Waals surface area contributed by atoms with Crippen molar-refractivity contribution in [3.8, 4) is 0 Å². The maximum atomic E-state index is 14.0. The van der Waals surface area contributed by atoms with Gasteiger partial charge in [-0.3, -0.25) is 9.59 Å². The van der Waals surface area contributed by atoms with Gasteiger partial charge in [-0.1, -0.05) is 36.4 Å². The van der Waals surface area contributed by atoms with Gasteiger partial charge in [-0.25, -0.2) is 4.39 Å². The van der Waals surface area contributed by atoms with Gasteiger partial charge in [0.05, 0.1) is 6.04 Å². The highest BCUT2D eigenvalue weighted by atomic mass is 32.1. The van der Waals surface area contributed by atoms with Crippen molar-refractivity contribution in [1.29, 1.82) is 0 Å². The average Bonchev–Trinajstić information content (AvgIpc) is 3.20. The average molecular weight is 408 g/mol. The molecular weight excluding hydrogens is 387 g/mol. The first-order valence-corrected chi connectivity index (χ1v) is 10.5. The van der Waals surface area contributed by atoms with Crippen LogP contribution in [0, 0.1) is 5.82 Å². The van der Waals surface area contributed by atoms with E-state index in [1.807, 2.05) is 47.8 Å². The van der Waals surface area contributed by atoms with Gasteiger partial charge in [0.2, 0.25) is 11.8 Å². The van der Waals surface area contributed by atoms with Gasteiger partial charge in [0, 0.05) is 22.5 Å². The minimum atomic E-state index is -0.483. The second-order valence-corrected chi connectivity index (χ2v) is 8.04. The molecule has 2 aromatic carbocycles. The SMILES string of the molecule is O=C1CN(C(=O)CCCc2ccccc2)C(c2cccs2)c2cc(F)ccc2N1. The fourth-order valence-electron chi connectivity index (χ4n) is 3.70. The molecule has 1 aromatic heterocycles. The van der Waals surface area contributed by atoms with E-state index in [0.717, 1.165) is 11.3 Å². The fraction of sp³-hybridized carbons (Fsp3) is 0.217. The van der Waals surface area contributed by atoms with Crippen LogP contribution in [0.25, 0.3) is 0 Å². The number of amides is 2. The predicted molar refractivity (Wildman–Crippen MR) is 112 cm³/mol. The Kier molecular flexibility index (Phi) is 5.71. The Morgan fingerprint density at radius 3 is 2.72 bits per heavy atom. The molecule has 0 saturated carbocycles. The maximum absolute atomic E-state index is 14.0. The highest BCUT2D eigenvalue weighted by Gasteiger charge is 2.33. The van der Waals surface area contributed by atoms with E-state index in [1.54, 1.807) is 11.0 Å². The smallest absolute Gasteiger partial charge is 0.244 e. The topological polar surface area (TPSA) is 49.4 Å². The number of carbonyl (C=O) groups excluding carboxylic acids is 2. The standard InChI is InChI=1S/C23H21FN2O2S/c24-17-11-12-19-18(14-17)23(20-9-5-13-29-20)26(15-21(27)25-19)22(28)10-4-8-16-6-2-1-3-7-16/h1-3,5-7,9,11-14,23H,4,8,10,15H2,(H,25,27). The lowest BCUT2D eigenvalue weighted by Crippen LogP contribution is -2.38. The zero-order valence-corrected chi connectivity index (χ0v) is 16.6. The molecular formula is C23H21FN2O2S. The second kappa shape index (κ2) is 8.57. The van der Waals surface area contributed by atoms with Crippen molar-refractivity contribution in [2.75, 3.05) is 11.9 Å². The number of aryl methyl sites for hydroxylation is 1. The largest absolute Gasteiger partial charge is 0.324 e. The van der Waals surface area contributed by atoms with Crippen molar-refractivity contribution in [3.05, 3.63) is 87.9 Å². The van der Waals surface area contributed by atoms with Crippen LogP contribution in [-0.4, -0.2) is 23.3 Å². The first kappa shape index (κ1) is 19.3. The summed E-state index contributed by atoms with van der Waals surface area (Å²) in [7, 11) is 0. The van der Waals surface area contributed by atoms with E-state index in [2.05, 4.69) is 5.32 Å². The number of halogens is 1. The minimum absolute atomic E-state index is 0.0525. The van der Waals surface area contributed by atoms with Gasteiger partial charge in [-0.15, -0.1) is 11.3 Å². The van der Waals surface area contributed by atoms with Gasteiger partial charge in [0.15, 0.2) is 0 Å². The molecule has 0 saturated heterocycles. The number of hydrogen-bond acceptors (Lipinski definition) is 3. The first-order chi connectivity index (χ1) is 14.1. The van der Waals surface area contributed by atoms with Gasteiger partial charge in [-0.2, -0.15) is 0 Å². The van der Waals surface area contributed by atoms with Crippen LogP contribution < -0.4 is 5.32 Å². The fourth-order valence-corrected chi connectivity index (χ4v) is 4.55. The highest BCUT2D eigenvalue weighted by molar-refractivity contribution is 7.10. The summed E-state index contributed by atoms with van der Waals surface area (Å²) < 4.78 is 14.0. The quantitative estimate of drug-likeness (QED) is 0.661. The molecule has 4 rings (SSSR count). The van der Waals surface area contributed by atoms with E-state index in [0.29, 0.717) is 24.1 Å². The Labute approximate surface area is 173 Å². The Hall–Kier alpha value is -2.99. The summed E-state index contributed by atoms with van der Waals surface area (Å²) in [5, 5.41) is 4.74. The molecule has 0 fully saturated rings. The Morgan fingerprint density at radius 1 is 1.14 bits per heavy atom. The zero-order valence-electron chi connectivity index (χ0n) is 15.8. The third-order valence-corrected chi connectivity index (χ3v) is 5.96. The molecule has 148 valence electrons. The number of nitrogens with one attached hydrogen (secondary N) is 1. The monoisotopic (exact) mass is 408 g/mol. The number of hydrogen-bond donors (Lipinski definition) is 1. The summed E-state index contributed by atoms with van der Waals surface area (Å²) in [6, 6.07) is 17.6. The summed E-state index contributed by atoms with van der Waals surface area (Å²) in [5.74, 6) is -0.766. The van der Waals surface area contributed by atoms with Gasteiger partial charge in [0.1, 0.15) is 12.4 Å². The molecule has 1 aliphatic heterocycles. The van der Waals surface area contributed by atoms with Crippen LogP contribution in [0.1, 0.15) is 34.9 Å². The molecule has 1 N–H and O–H groups in total. The van der Waals surface area contributed by atoms with E-state index in [1.165, 1.54) is 29.0 Å². The number of nitrogens with zero attached hydrogens (tertiary/aromatic N) is 1. The summed E-state index contributed by atoms with van der Waals surface area (Å²) in [5.41, 5.74) is 2.33. The van der Waals surface area contributed by atoms with Crippen molar-refractivity contribution in [3.63, 3.8) is 0 Å². The molecule has 2 amide bonds. The number of fused-ring (bicyclic) bond motifs is 1. The molecule has 0 radical (unpaired) electrons. The Bertz CT molecular complexity index is 1000. The lowest BCUT2D eigenvalue weighted by molar-refractivity contribution is -0.136. The van der Waals surface area contributed by atoms with Crippen LogP contribution in [0.4, 0.5) is 10.1 Å². The lowest BCUT2D eigenvalue weighted by atomic mass is 10.0. The van der Waals surface area contributed by atoms with Crippen LogP contribution in [0.15, 0.2) is 66.0 Å². The van der Waals surface area contributed by atoms with Gasteiger partial charge >= 0.3 is 0 Å². The molecule has 2 heterocycles. The molecule has 0 bridgehead atoms. The summed E-state index contributed by atoms with van der Waals surface area (Å²) in [4.78, 5) is 28.1. The zero-order chi connectivity index (χ0) is 20.2. The van der Waals surface area contributed by atoms with E-state index in [9.17, 15) is 14.0 Å². The molecule has 0 aliphatic carbocycles. The summed E-state index contributed by atoms with van der Waals surface area (Å²) in [6.07, 6.45) is 1.81. The van der Waals surface area contributed by atoms with Crippen LogP contribution in [0.3, 0.4) is 0 Å². The summed E-state index contributed by atoms with van der Waals surface area (Å²) in [6.45, 7) is -0.0525. The Morgan fingerprint density at radius 2 is 1.97 bits per heavy atom. The third-order valence-electron chi connectivity index (χ3n) is 5.04. The highest BCUT2D eigenvalue weighted by Crippen LogP contribution is 2.38. The number of carbonyl (C=O) groups is 2. The number of rotatable bonds is 5. The molecule has 4 nitrogen and oxygen atoms in total. The molecule has 6 heteroatoms. The van der Waals surface area contributed by atoms with E-state index in [4.69, 9.17) is 0 Å². The third kappa shape index (κ3) is 4.38.